The Morgan fingerprint density at radius 3 is 2.61 bits per heavy atom. The summed E-state index contributed by atoms with van der Waals surface area (Å²) in [6, 6.07) is 0. The third kappa shape index (κ3) is 3.63. The molecule has 0 spiro atoms. The number of rotatable bonds is 8. The predicted octanol–water partition coefficient (Wildman–Crippen LogP) is 4.68. The van der Waals surface area contributed by atoms with Gasteiger partial charge in [-0.05, 0) is 24.2 Å². The smallest absolute Gasteiger partial charge is 0.159 e. The minimum atomic E-state index is 0.105. The molecule has 1 unspecified atom stereocenters. The minimum Gasteiger partial charge on any atom is -0.363 e. The summed E-state index contributed by atoms with van der Waals surface area (Å²) in [5, 5.41) is 3.90. The Balaban J connectivity index is 2.60. The highest BCUT2D eigenvalue weighted by Gasteiger charge is 2.28. The van der Waals surface area contributed by atoms with Gasteiger partial charge in [0.05, 0.1) is 0 Å². The fourth-order valence-corrected chi connectivity index (χ4v) is 2.39. The van der Waals surface area contributed by atoms with Gasteiger partial charge in [0.2, 0.25) is 0 Å². The third-order valence-corrected chi connectivity index (χ3v) is 3.97. The number of hydrogen-bond acceptors (Lipinski definition) is 2. The van der Waals surface area contributed by atoms with Crippen LogP contribution in [0.2, 0.25) is 0 Å². The Labute approximate surface area is 111 Å². The Kier molecular flexibility index (Phi) is 5.98. The lowest BCUT2D eigenvalue weighted by atomic mass is 9.76. The molecule has 2 nitrogen and oxygen atoms in total. The van der Waals surface area contributed by atoms with Crippen molar-refractivity contribution >= 4 is 0 Å². The molecular formula is C16H25NO. The molecule has 0 bridgehead atoms. The van der Waals surface area contributed by atoms with Crippen LogP contribution in [0.15, 0.2) is 10.8 Å². The van der Waals surface area contributed by atoms with Crippen LogP contribution in [0.4, 0.5) is 0 Å². The van der Waals surface area contributed by atoms with Gasteiger partial charge in [0.1, 0.15) is 6.26 Å². The van der Waals surface area contributed by atoms with E-state index in [0.29, 0.717) is 5.69 Å². The molecule has 0 saturated carbocycles. The summed E-state index contributed by atoms with van der Waals surface area (Å²) >= 11 is 0. The zero-order valence-corrected chi connectivity index (χ0v) is 12.0. The van der Waals surface area contributed by atoms with E-state index < -0.39 is 0 Å². The molecular weight excluding hydrogens is 222 g/mol. The fraction of sp³-hybridized carbons (Fsp3) is 0.688. The molecule has 0 amide bonds. The lowest BCUT2D eigenvalue weighted by molar-refractivity contribution is 0.383. The molecule has 1 heterocycles. The molecule has 1 aromatic heterocycles. The van der Waals surface area contributed by atoms with Gasteiger partial charge in [-0.25, -0.2) is 0 Å². The molecule has 0 N–H and O–H groups in total. The maximum absolute atomic E-state index is 5.47. The summed E-state index contributed by atoms with van der Waals surface area (Å²) in [4.78, 5) is 0. The van der Waals surface area contributed by atoms with Crippen LogP contribution in [-0.4, -0.2) is 5.16 Å². The first-order chi connectivity index (χ1) is 8.68. The second-order valence-corrected chi connectivity index (χ2v) is 5.30. The summed E-state index contributed by atoms with van der Waals surface area (Å²) in [6.45, 7) is 6.71. The molecule has 18 heavy (non-hydrogen) atoms. The highest BCUT2D eigenvalue weighted by atomic mass is 16.5. The number of hydrogen-bond donors (Lipinski definition) is 0. The van der Waals surface area contributed by atoms with Crippen LogP contribution < -0.4 is 0 Å². The first-order valence-corrected chi connectivity index (χ1v) is 7.09. The van der Waals surface area contributed by atoms with Crippen LogP contribution >= 0.6 is 0 Å². The second kappa shape index (κ2) is 7.26. The van der Waals surface area contributed by atoms with E-state index in [9.17, 15) is 0 Å². The molecule has 0 aliphatic carbocycles. The van der Waals surface area contributed by atoms with Crippen LogP contribution in [-0.2, 0) is 5.41 Å². The second-order valence-electron chi connectivity index (χ2n) is 5.30. The molecule has 1 rings (SSSR count). The van der Waals surface area contributed by atoms with Gasteiger partial charge in [-0.3, -0.25) is 0 Å². The van der Waals surface area contributed by atoms with Crippen molar-refractivity contribution in [2.75, 3.05) is 0 Å². The number of unbranched alkanes of at least 4 members (excludes halogenated alkanes) is 4. The molecule has 100 valence electrons. The number of aromatic nitrogens is 1. The molecule has 1 aromatic rings. The highest BCUT2D eigenvalue weighted by Crippen LogP contribution is 2.34. The highest BCUT2D eigenvalue weighted by molar-refractivity contribution is 5.36. The molecule has 2 heteroatoms. The van der Waals surface area contributed by atoms with E-state index >= 15 is 0 Å². The van der Waals surface area contributed by atoms with Gasteiger partial charge in [-0.1, -0.05) is 58.0 Å². The van der Waals surface area contributed by atoms with Gasteiger partial charge in [-0.2, -0.15) is 0 Å². The van der Waals surface area contributed by atoms with E-state index in [1.807, 2.05) is 0 Å². The van der Waals surface area contributed by atoms with Crippen LogP contribution in [0.5, 0.6) is 0 Å². The monoisotopic (exact) mass is 247 g/mol. The molecule has 1 atom stereocenters. The van der Waals surface area contributed by atoms with E-state index in [1.165, 1.54) is 32.1 Å². The lowest BCUT2D eigenvalue weighted by Crippen LogP contribution is -2.21. The van der Waals surface area contributed by atoms with Gasteiger partial charge in [0, 0.05) is 5.56 Å². The molecule has 0 fully saturated rings. The topological polar surface area (TPSA) is 26.0 Å². The van der Waals surface area contributed by atoms with E-state index in [0.717, 1.165) is 18.4 Å². The average Bonchev–Trinajstić information content (AvgIpc) is 2.87. The SMILES string of the molecule is C#Cc1nocc1C(C)(CC)CCCCCCC. The summed E-state index contributed by atoms with van der Waals surface area (Å²) in [5.41, 5.74) is 1.88. The number of terminal acetylenes is 1. The predicted molar refractivity (Wildman–Crippen MR) is 75.5 cm³/mol. The summed E-state index contributed by atoms with van der Waals surface area (Å²) < 4.78 is 5.04. The van der Waals surface area contributed by atoms with Crippen LogP contribution in [0.3, 0.4) is 0 Å². The summed E-state index contributed by atoms with van der Waals surface area (Å²) in [5.74, 6) is 2.62. The van der Waals surface area contributed by atoms with E-state index in [4.69, 9.17) is 10.9 Å². The van der Waals surface area contributed by atoms with Crippen molar-refractivity contribution in [1.29, 1.82) is 0 Å². The average molecular weight is 247 g/mol. The Morgan fingerprint density at radius 1 is 1.28 bits per heavy atom. The van der Waals surface area contributed by atoms with Crippen molar-refractivity contribution < 1.29 is 4.52 Å². The van der Waals surface area contributed by atoms with Crippen LogP contribution in [0.25, 0.3) is 0 Å². The first kappa shape index (κ1) is 14.8. The standard InChI is InChI=1S/C16H25NO/c1-5-8-9-10-11-12-16(4,7-3)14-13-18-17-15(14)6-2/h2,13H,5,7-12H2,1,3-4H3. The number of nitrogens with zero attached hydrogens (tertiary/aromatic N) is 1. The van der Waals surface area contributed by atoms with Gasteiger partial charge >= 0.3 is 0 Å². The molecule has 0 aromatic carbocycles. The van der Waals surface area contributed by atoms with Gasteiger partial charge in [-0.15, -0.1) is 6.42 Å². The quantitative estimate of drug-likeness (QED) is 0.492. The first-order valence-electron chi connectivity index (χ1n) is 7.09. The molecule has 0 saturated heterocycles. The summed E-state index contributed by atoms with van der Waals surface area (Å²) in [6.07, 6.45) is 15.9. The normalized spacial score (nSPS) is 14.1. The van der Waals surface area contributed by atoms with Crippen molar-refractivity contribution in [3.63, 3.8) is 0 Å². The van der Waals surface area contributed by atoms with Crippen molar-refractivity contribution in [1.82, 2.24) is 5.16 Å². The lowest BCUT2D eigenvalue weighted by Gasteiger charge is -2.27. The van der Waals surface area contributed by atoms with Crippen molar-refractivity contribution in [2.45, 2.75) is 71.1 Å². The van der Waals surface area contributed by atoms with E-state index in [2.05, 4.69) is 31.8 Å². The summed E-state index contributed by atoms with van der Waals surface area (Å²) in [7, 11) is 0. The maximum Gasteiger partial charge on any atom is 0.159 e. The largest absolute Gasteiger partial charge is 0.363 e. The van der Waals surface area contributed by atoms with E-state index in [-0.39, 0.29) is 5.41 Å². The van der Waals surface area contributed by atoms with Crippen LogP contribution in [0, 0.1) is 12.3 Å². The molecule has 0 radical (unpaired) electrons. The zero-order chi connectivity index (χ0) is 13.4. The van der Waals surface area contributed by atoms with Crippen molar-refractivity contribution in [3.05, 3.63) is 17.5 Å². The molecule has 0 aliphatic heterocycles. The Morgan fingerprint density at radius 2 is 2.00 bits per heavy atom. The third-order valence-electron chi connectivity index (χ3n) is 3.97. The fourth-order valence-electron chi connectivity index (χ4n) is 2.39. The minimum absolute atomic E-state index is 0.105. The molecule has 0 aliphatic rings. The van der Waals surface area contributed by atoms with Gasteiger partial charge in [0.25, 0.3) is 0 Å². The van der Waals surface area contributed by atoms with Gasteiger partial charge in [0.15, 0.2) is 5.69 Å². The van der Waals surface area contributed by atoms with E-state index in [1.54, 1.807) is 6.26 Å². The maximum atomic E-state index is 5.47. The Hall–Kier alpha value is -1.23. The van der Waals surface area contributed by atoms with Crippen molar-refractivity contribution in [2.24, 2.45) is 0 Å². The zero-order valence-electron chi connectivity index (χ0n) is 12.0. The van der Waals surface area contributed by atoms with Crippen molar-refractivity contribution in [3.8, 4) is 12.3 Å². The Bertz CT molecular complexity index is 388. The van der Waals surface area contributed by atoms with Gasteiger partial charge < -0.3 is 4.52 Å². The van der Waals surface area contributed by atoms with Crippen LogP contribution in [0.1, 0.15) is 77.0 Å².